The van der Waals surface area contributed by atoms with E-state index in [1.165, 1.54) is 36.1 Å². The molecule has 148 heavy (non-hydrogen) atoms. The monoisotopic (exact) mass is 1970 g/mol. The molecule has 736 valence electrons. The highest BCUT2D eigenvalue weighted by molar-refractivity contribution is 6.30. The lowest BCUT2D eigenvalue weighted by molar-refractivity contribution is 0.415. The van der Waals surface area contributed by atoms with E-state index < -0.39 is 0 Å². The van der Waals surface area contributed by atoms with E-state index in [2.05, 4.69) is 227 Å². The number of aryl methyl sites for hydroxylation is 7. The van der Waals surface area contributed by atoms with Gasteiger partial charge in [-0.3, -0.25) is 0 Å². The van der Waals surface area contributed by atoms with Gasteiger partial charge in [-0.05, 0) is 289 Å². The smallest absolute Gasteiger partial charge is 0.120 e. The van der Waals surface area contributed by atoms with Crippen molar-refractivity contribution in [2.45, 2.75) is 133 Å². The summed E-state index contributed by atoms with van der Waals surface area (Å²) in [4.78, 5) is 4.49. The lowest BCUT2D eigenvalue weighted by Gasteiger charge is -2.28. The average molecular weight is 1970 g/mol. The van der Waals surface area contributed by atoms with Crippen molar-refractivity contribution in [3.05, 3.63) is 361 Å². The Hall–Kier alpha value is -18.4. The molecule has 0 unspecified atom stereocenters. The fraction of sp³-hybridized carbons (Fsp3) is 0.228. The van der Waals surface area contributed by atoms with E-state index in [4.69, 9.17) is 39.7 Å². The molecule has 0 N–H and O–H groups in total. The van der Waals surface area contributed by atoms with Crippen LogP contribution in [0.5, 0.6) is 28.7 Å². The molecule has 1 saturated heterocycles. The third kappa shape index (κ3) is 23.7. The number of rotatable bonds is 14. The van der Waals surface area contributed by atoms with Crippen LogP contribution in [-0.4, -0.2) is 90.1 Å². The topological polar surface area (TPSA) is 238 Å². The molecule has 1 fully saturated rings. The van der Waals surface area contributed by atoms with Gasteiger partial charge >= 0.3 is 0 Å². The minimum Gasteiger partial charge on any atom is -0.497 e. The Kier molecular flexibility index (Phi) is 34.9. The molecule has 0 bridgehead atoms. The number of nitriles is 6. The standard InChI is InChI=1S/C25H25N3O.C24H24N2O.C22H21N3O.C21H18N2O.C20H15ClN2O.C15H12N2O/c1-3-28-24(23(18-26)22-13-12-21(29-2)17-25(22)28)14-9-19-7-10-20(11-8-19)27-15-5-4-6-16-27;1-6-26-22(14-9-17-7-10-18(11-8-17)24(2,3)4)21(16-25)20-13-12-19(27-5)15-23(20)26;1-5-25-21(13-8-16-6-9-17(10-7-16)24(2)3)20(15-23)19-12-11-18(26-4)14-22(19)25;1-4-23-20(11-8-16-7-5-6-15(2)12-16)19(14-22)18-10-9-17(24-3)13-21(18)23;1-3-23-19(10-7-14-5-4-6-15(21)11-14)18(13-22)17-9-8-16(24-2)12-20(17)23;1-2-17-9-13(8-16)14-7-11(3-4-15(14)17)12-5-6-18-10-12/h7-8,10-13,17H,3-6,15-16H2,1-2H3;7-8,10-13,15H,6H2,1-5H3;6-7,9-12,14H,5H2,1-4H3;5-7,9-10,12-13H,4H2,1-3H3;4-6,8-9,11-12H,3H2,1-2H3;3-7,9-10H,2H2,1H3. The maximum Gasteiger partial charge on any atom is 0.120 e. The number of piperidine rings is 1. The Labute approximate surface area is 872 Å². The Morgan fingerprint density at radius 1 is 0.345 bits per heavy atom. The molecule has 21 heteroatoms. The summed E-state index contributed by atoms with van der Waals surface area (Å²) in [7, 11) is 12.2. The van der Waals surface area contributed by atoms with Gasteiger partial charge in [-0.2, -0.15) is 31.6 Å². The fourth-order valence-corrected chi connectivity index (χ4v) is 18.3. The number of aromatic nitrogens is 6. The van der Waals surface area contributed by atoms with Crippen LogP contribution in [0.4, 0.5) is 11.4 Å². The first-order valence-electron chi connectivity index (χ1n) is 49.1. The molecule has 0 saturated carbocycles. The second kappa shape index (κ2) is 49.0. The zero-order valence-corrected chi connectivity index (χ0v) is 87.4. The van der Waals surface area contributed by atoms with Gasteiger partial charge in [0.2, 0.25) is 0 Å². The summed E-state index contributed by atoms with van der Waals surface area (Å²) < 4.78 is 44.2. The lowest BCUT2D eigenvalue weighted by atomic mass is 9.87. The first-order valence-corrected chi connectivity index (χ1v) is 49.5. The summed E-state index contributed by atoms with van der Waals surface area (Å²) in [6.45, 7) is 27.8. The van der Waals surface area contributed by atoms with Crippen LogP contribution < -0.4 is 33.5 Å². The zero-order chi connectivity index (χ0) is 105. The van der Waals surface area contributed by atoms with Crippen LogP contribution in [0.25, 0.3) is 76.5 Å². The predicted molar refractivity (Wildman–Crippen MR) is 595 cm³/mol. The van der Waals surface area contributed by atoms with Gasteiger partial charge in [-0.15, -0.1) is 0 Å². The molecule has 18 aromatic rings. The van der Waals surface area contributed by atoms with E-state index in [1.54, 1.807) is 48.1 Å². The molecule has 19 rings (SSSR count). The number of furan rings is 1. The van der Waals surface area contributed by atoms with Crippen LogP contribution in [0.1, 0.15) is 182 Å². The molecule has 0 spiro atoms. The Bertz CT molecular complexity index is 8410. The minimum absolute atomic E-state index is 0.119. The lowest BCUT2D eigenvalue weighted by Crippen LogP contribution is -2.29. The van der Waals surface area contributed by atoms with Crippen LogP contribution in [0.3, 0.4) is 0 Å². The number of benzene rings is 11. The number of methoxy groups -OCH3 is 5. The van der Waals surface area contributed by atoms with Crippen molar-refractivity contribution in [2.24, 2.45) is 0 Å². The number of halogens is 1. The first-order chi connectivity index (χ1) is 71.9. The van der Waals surface area contributed by atoms with Crippen LogP contribution in [0.2, 0.25) is 5.02 Å². The maximum absolute atomic E-state index is 9.76. The summed E-state index contributed by atoms with van der Waals surface area (Å²) >= 11 is 6.00. The van der Waals surface area contributed by atoms with E-state index in [9.17, 15) is 31.6 Å². The molecule has 0 radical (unpaired) electrons. The van der Waals surface area contributed by atoms with Gasteiger partial charge < -0.3 is 65.3 Å². The Morgan fingerprint density at radius 3 is 1.02 bits per heavy atom. The van der Waals surface area contributed by atoms with Crippen molar-refractivity contribution in [3.8, 4) is 135 Å². The van der Waals surface area contributed by atoms with Crippen molar-refractivity contribution < 1.29 is 28.1 Å². The fourth-order valence-electron chi connectivity index (χ4n) is 18.1. The Balaban J connectivity index is 0.000000141. The molecule has 20 nitrogen and oxygen atoms in total. The van der Waals surface area contributed by atoms with Crippen LogP contribution in [-0.2, 0) is 44.7 Å². The van der Waals surface area contributed by atoms with Crippen LogP contribution in [0, 0.1) is 134 Å². The van der Waals surface area contributed by atoms with Gasteiger partial charge in [-0.25, -0.2) is 0 Å². The van der Waals surface area contributed by atoms with Gasteiger partial charge in [0, 0.05) is 191 Å². The highest BCUT2D eigenvalue weighted by Crippen LogP contribution is 2.37. The summed E-state index contributed by atoms with van der Waals surface area (Å²) in [5.74, 6) is 35.9. The molecular weight excluding hydrogens is 1850 g/mol. The number of anilines is 2. The highest BCUT2D eigenvalue weighted by Gasteiger charge is 2.24. The molecule has 11 aromatic carbocycles. The normalized spacial score (nSPS) is 11.0. The van der Waals surface area contributed by atoms with Gasteiger partial charge in [0.25, 0.3) is 0 Å². The third-order valence-corrected chi connectivity index (χ3v) is 26.1. The molecule has 0 atom stereocenters. The number of hydrogen-bond donors (Lipinski definition) is 0. The molecular formula is C127H115ClN14O6. The summed E-state index contributed by atoms with van der Waals surface area (Å²) in [5.41, 5.74) is 25.1. The number of fused-ring (bicyclic) bond motifs is 6. The van der Waals surface area contributed by atoms with Crippen molar-refractivity contribution in [1.82, 2.24) is 27.4 Å². The van der Waals surface area contributed by atoms with E-state index >= 15 is 0 Å². The predicted octanol–water partition coefficient (Wildman–Crippen LogP) is 26.8. The van der Waals surface area contributed by atoms with Crippen LogP contribution >= 0.6 is 11.6 Å². The molecule has 1 aliphatic heterocycles. The first kappa shape index (κ1) is 105. The van der Waals surface area contributed by atoms with Crippen molar-refractivity contribution in [1.29, 1.82) is 31.6 Å². The van der Waals surface area contributed by atoms with E-state index in [0.717, 1.165) is 213 Å². The van der Waals surface area contributed by atoms with Gasteiger partial charge in [0.15, 0.2) is 0 Å². The average Bonchev–Trinajstić information content (AvgIpc) is 1.62. The number of nitrogens with zero attached hydrogens (tertiary/aromatic N) is 14. The summed E-state index contributed by atoms with van der Waals surface area (Å²) in [6, 6.07) is 91.0. The molecule has 0 amide bonds. The number of hydrogen-bond acceptors (Lipinski definition) is 14. The largest absolute Gasteiger partial charge is 0.497 e. The SMILES string of the molecule is CCn1c(C#Cc2ccc(C(C)(C)C)cc2)c(C#N)c2ccc(OC)cc21.CCn1c(C#Cc2ccc(N(C)C)cc2)c(C#N)c2ccc(OC)cc21.CCn1c(C#Cc2ccc(N3CCCCC3)cc2)c(C#N)c2ccc(OC)cc21.CCn1c(C#Cc2cccc(C)c2)c(C#N)c2ccc(OC)cc21.CCn1c(C#Cc2cccc(Cl)c2)c(C#N)c2ccc(OC)cc21.CCn1cc(C#N)c2cc(-c3ccoc3)ccc21. The quantitative estimate of drug-likeness (QED) is 0.0921. The number of ether oxygens (including phenoxy) is 5. The third-order valence-electron chi connectivity index (χ3n) is 25.9. The molecule has 8 heterocycles. The molecule has 0 aliphatic carbocycles. The zero-order valence-electron chi connectivity index (χ0n) is 86.6. The van der Waals surface area contributed by atoms with Crippen molar-refractivity contribution in [3.63, 3.8) is 0 Å². The second-order valence-corrected chi connectivity index (χ2v) is 36.4. The summed E-state index contributed by atoms with van der Waals surface area (Å²) in [5, 5.41) is 63.7. The molecule has 1 aliphatic rings. The van der Waals surface area contributed by atoms with Gasteiger partial charge in [-0.1, -0.05) is 98.4 Å². The van der Waals surface area contributed by atoms with Crippen molar-refractivity contribution >= 4 is 88.4 Å². The highest BCUT2D eigenvalue weighted by atomic mass is 35.5. The maximum atomic E-state index is 9.76. The second-order valence-electron chi connectivity index (χ2n) is 36.0. The van der Waals surface area contributed by atoms with E-state index in [-0.39, 0.29) is 5.41 Å². The van der Waals surface area contributed by atoms with E-state index in [1.807, 2.05) is 232 Å². The van der Waals surface area contributed by atoms with Gasteiger partial charge in [0.1, 0.15) is 93.6 Å². The molecule has 7 aromatic heterocycles. The minimum atomic E-state index is 0.119. The summed E-state index contributed by atoms with van der Waals surface area (Å²) in [6.07, 6.45) is 9.14. The van der Waals surface area contributed by atoms with E-state index in [0.29, 0.717) is 45.1 Å². The van der Waals surface area contributed by atoms with Gasteiger partial charge in [0.05, 0.1) is 109 Å². The van der Waals surface area contributed by atoms with Crippen molar-refractivity contribution in [2.75, 3.05) is 72.5 Å². The Morgan fingerprint density at radius 2 is 0.703 bits per heavy atom. The van der Waals surface area contributed by atoms with Crippen LogP contribution in [0.15, 0.2) is 260 Å².